The molecule has 0 spiro atoms. The van der Waals surface area contributed by atoms with Crippen LogP contribution >= 0.6 is 11.3 Å². The SMILES string of the molecule is CN(C(=O)c1cccc(NC(=O)c2cccs2)c1)c1c(N)n(Cc2ccccc2)c(=O)[nH]c1=O. The lowest BCUT2D eigenvalue weighted by molar-refractivity contribution is 0.0990. The summed E-state index contributed by atoms with van der Waals surface area (Å²) < 4.78 is 1.20. The van der Waals surface area contributed by atoms with Crippen molar-refractivity contribution in [3.05, 3.63) is 109 Å². The Kier molecular flexibility index (Phi) is 6.42. The number of hydrogen-bond donors (Lipinski definition) is 3. The third kappa shape index (κ3) is 4.66. The lowest BCUT2D eigenvalue weighted by atomic mass is 10.1. The second-order valence-corrected chi connectivity index (χ2v) is 8.39. The van der Waals surface area contributed by atoms with Crippen LogP contribution in [0.4, 0.5) is 17.2 Å². The van der Waals surface area contributed by atoms with Crippen LogP contribution in [0.5, 0.6) is 0 Å². The maximum atomic E-state index is 13.2. The van der Waals surface area contributed by atoms with E-state index in [1.54, 1.807) is 35.7 Å². The van der Waals surface area contributed by atoms with Crippen LogP contribution in [-0.2, 0) is 6.54 Å². The van der Waals surface area contributed by atoms with E-state index in [2.05, 4.69) is 10.3 Å². The van der Waals surface area contributed by atoms with Gasteiger partial charge in [0, 0.05) is 18.3 Å². The molecule has 4 N–H and O–H groups in total. The zero-order valence-corrected chi connectivity index (χ0v) is 19.0. The van der Waals surface area contributed by atoms with E-state index >= 15 is 0 Å². The number of hydrogen-bond acceptors (Lipinski definition) is 6. The summed E-state index contributed by atoms with van der Waals surface area (Å²) in [6, 6.07) is 18.9. The number of nitrogen functional groups attached to an aromatic ring is 1. The van der Waals surface area contributed by atoms with Gasteiger partial charge in [-0.15, -0.1) is 11.3 Å². The Morgan fingerprint density at radius 2 is 1.82 bits per heavy atom. The van der Waals surface area contributed by atoms with Gasteiger partial charge in [0.15, 0.2) is 5.69 Å². The van der Waals surface area contributed by atoms with Crippen molar-refractivity contribution in [1.82, 2.24) is 9.55 Å². The molecule has 2 aromatic heterocycles. The van der Waals surface area contributed by atoms with Crippen molar-refractivity contribution in [3.8, 4) is 0 Å². The maximum Gasteiger partial charge on any atom is 0.330 e. The number of nitrogens with two attached hydrogens (primary N) is 1. The van der Waals surface area contributed by atoms with Crippen molar-refractivity contribution in [3.63, 3.8) is 0 Å². The summed E-state index contributed by atoms with van der Waals surface area (Å²) in [6.45, 7) is 0.127. The second kappa shape index (κ2) is 9.59. The largest absolute Gasteiger partial charge is 0.383 e. The van der Waals surface area contributed by atoms with Crippen LogP contribution in [0.2, 0.25) is 0 Å². The fourth-order valence-corrected chi connectivity index (χ4v) is 4.07. The number of thiophene rings is 1. The number of rotatable bonds is 6. The minimum atomic E-state index is -0.773. The highest BCUT2D eigenvalue weighted by Crippen LogP contribution is 2.21. The average molecular weight is 476 g/mol. The molecule has 0 radical (unpaired) electrons. The van der Waals surface area contributed by atoms with E-state index in [1.165, 1.54) is 29.0 Å². The number of H-pyrrole nitrogens is 1. The average Bonchev–Trinajstić information content (AvgIpc) is 3.37. The highest BCUT2D eigenvalue weighted by molar-refractivity contribution is 7.12. The molecule has 0 saturated carbocycles. The maximum absolute atomic E-state index is 13.2. The number of nitrogens with one attached hydrogen (secondary N) is 2. The minimum Gasteiger partial charge on any atom is -0.383 e. The van der Waals surface area contributed by atoms with E-state index in [0.29, 0.717) is 10.6 Å². The highest BCUT2D eigenvalue weighted by Gasteiger charge is 2.22. The molecule has 0 aliphatic heterocycles. The molecule has 4 aromatic rings. The van der Waals surface area contributed by atoms with Gasteiger partial charge in [-0.05, 0) is 35.2 Å². The van der Waals surface area contributed by atoms with E-state index in [9.17, 15) is 19.2 Å². The summed E-state index contributed by atoms with van der Waals surface area (Å²) in [7, 11) is 1.40. The minimum absolute atomic E-state index is 0.127. The Morgan fingerprint density at radius 3 is 2.53 bits per heavy atom. The van der Waals surface area contributed by atoms with E-state index in [-0.39, 0.29) is 29.5 Å². The first-order valence-electron chi connectivity index (χ1n) is 10.2. The fraction of sp³-hybridized carbons (Fsp3) is 0.0833. The summed E-state index contributed by atoms with van der Waals surface area (Å²) in [6.07, 6.45) is 0. The molecule has 0 atom stereocenters. The Balaban J connectivity index is 1.63. The normalized spacial score (nSPS) is 10.6. The standard InChI is InChI=1S/C24H21N5O4S/c1-28(19-20(25)29(24(33)27-22(19)31)14-15-7-3-2-4-8-15)23(32)16-9-5-10-17(13-16)26-21(30)18-11-6-12-34-18/h2-13H,14,25H2,1H3,(H,26,30)(H,27,31,33). The van der Waals surface area contributed by atoms with Gasteiger partial charge in [-0.25, -0.2) is 4.79 Å². The lowest BCUT2D eigenvalue weighted by Gasteiger charge is -2.21. The molecule has 2 aromatic carbocycles. The van der Waals surface area contributed by atoms with Crippen LogP contribution in [0.25, 0.3) is 0 Å². The van der Waals surface area contributed by atoms with Gasteiger partial charge in [0.2, 0.25) is 0 Å². The van der Waals surface area contributed by atoms with Crippen LogP contribution in [0.15, 0.2) is 81.7 Å². The van der Waals surface area contributed by atoms with E-state index < -0.39 is 17.2 Å². The molecule has 2 amide bonds. The molecule has 2 heterocycles. The van der Waals surface area contributed by atoms with Crippen molar-refractivity contribution >= 4 is 40.3 Å². The Bertz CT molecular complexity index is 1460. The number of aromatic nitrogens is 2. The van der Waals surface area contributed by atoms with Gasteiger partial charge in [0.05, 0.1) is 11.4 Å². The molecule has 0 aliphatic carbocycles. The summed E-state index contributed by atoms with van der Waals surface area (Å²) in [5.41, 5.74) is 6.06. The molecule has 4 rings (SSSR count). The van der Waals surface area contributed by atoms with Crippen molar-refractivity contribution in [2.75, 3.05) is 23.0 Å². The highest BCUT2D eigenvalue weighted by atomic mass is 32.1. The topological polar surface area (TPSA) is 130 Å². The number of carbonyl (C=O) groups is 2. The zero-order chi connectivity index (χ0) is 24.2. The van der Waals surface area contributed by atoms with Crippen molar-refractivity contribution in [2.45, 2.75) is 6.54 Å². The molecular weight excluding hydrogens is 454 g/mol. The van der Waals surface area contributed by atoms with Crippen molar-refractivity contribution < 1.29 is 9.59 Å². The predicted octanol–water partition coefficient (Wildman–Crippen LogP) is 2.76. The van der Waals surface area contributed by atoms with Crippen LogP contribution in [-0.4, -0.2) is 28.4 Å². The Morgan fingerprint density at radius 1 is 1.06 bits per heavy atom. The lowest BCUT2D eigenvalue weighted by Crippen LogP contribution is -2.39. The van der Waals surface area contributed by atoms with E-state index in [4.69, 9.17) is 5.73 Å². The predicted molar refractivity (Wildman–Crippen MR) is 133 cm³/mol. The fourth-order valence-electron chi connectivity index (χ4n) is 3.45. The van der Waals surface area contributed by atoms with E-state index in [1.807, 2.05) is 30.3 Å². The number of anilines is 3. The van der Waals surface area contributed by atoms with Crippen LogP contribution in [0.1, 0.15) is 25.6 Å². The van der Waals surface area contributed by atoms with Gasteiger partial charge in [0.1, 0.15) is 5.82 Å². The molecule has 172 valence electrons. The zero-order valence-electron chi connectivity index (χ0n) is 18.1. The number of amides is 2. The number of nitrogens with zero attached hydrogens (tertiary/aromatic N) is 2. The first-order valence-corrected chi connectivity index (χ1v) is 11.1. The second-order valence-electron chi connectivity index (χ2n) is 7.44. The Hall–Kier alpha value is -4.44. The molecule has 9 nitrogen and oxygen atoms in total. The van der Waals surface area contributed by atoms with Crippen LogP contribution < -0.4 is 27.2 Å². The first-order chi connectivity index (χ1) is 16.3. The molecule has 0 aliphatic rings. The molecule has 34 heavy (non-hydrogen) atoms. The smallest absolute Gasteiger partial charge is 0.330 e. The molecule has 0 unspecified atom stereocenters. The van der Waals surface area contributed by atoms with Gasteiger partial charge in [-0.1, -0.05) is 42.5 Å². The quantitative estimate of drug-likeness (QED) is 0.395. The van der Waals surface area contributed by atoms with Gasteiger partial charge >= 0.3 is 5.69 Å². The number of benzene rings is 2. The summed E-state index contributed by atoms with van der Waals surface area (Å²) >= 11 is 1.30. The van der Waals surface area contributed by atoms with Gasteiger partial charge in [-0.2, -0.15) is 0 Å². The molecule has 0 fully saturated rings. The van der Waals surface area contributed by atoms with Crippen molar-refractivity contribution in [1.29, 1.82) is 0 Å². The third-order valence-corrected chi connectivity index (χ3v) is 6.02. The number of carbonyl (C=O) groups excluding carboxylic acids is 2. The molecular formula is C24H21N5O4S. The molecule has 0 bridgehead atoms. The molecule has 0 saturated heterocycles. The summed E-state index contributed by atoms with van der Waals surface area (Å²) in [5.74, 6) is -0.952. The third-order valence-electron chi connectivity index (χ3n) is 5.15. The van der Waals surface area contributed by atoms with Crippen LogP contribution in [0.3, 0.4) is 0 Å². The van der Waals surface area contributed by atoms with Gasteiger partial charge in [-0.3, -0.25) is 23.9 Å². The van der Waals surface area contributed by atoms with Crippen molar-refractivity contribution in [2.24, 2.45) is 0 Å². The monoisotopic (exact) mass is 475 g/mol. The van der Waals surface area contributed by atoms with Gasteiger partial charge < -0.3 is 16.0 Å². The summed E-state index contributed by atoms with van der Waals surface area (Å²) in [4.78, 5) is 54.4. The first kappa shape index (κ1) is 22.7. The number of aromatic amines is 1. The van der Waals surface area contributed by atoms with E-state index in [0.717, 1.165) is 10.5 Å². The Labute approximate surface area is 198 Å². The van der Waals surface area contributed by atoms with Gasteiger partial charge in [0.25, 0.3) is 17.4 Å². The molecule has 10 heteroatoms. The van der Waals surface area contributed by atoms with Crippen LogP contribution in [0, 0.1) is 0 Å². The summed E-state index contributed by atoms with van der Waals surface area (Å²) in [5, 5.41) is 4.54.